The van der Waals surface area contributed by atoms with Crippen LogP contribution in [0.15, 0.2) is 0 Å². The molecule has 0 aromatic rings. The lowest BCUT2D eigenvalue weighted by Crippen LogP contribution is -2.49. The van der Waals surface area contributed by atoms with Crippen LogP contribution in [0.1, 0.15) is 25.7 Å². The summed E-state index contributed by atoms with van der Waals surface area (Å²) in [6.45, 7) is 0. The molecule has 2 atom stereocenters. The summed E-state index contributed by atoms with van der Waals surface area (Å²) in [4.78, 5) is 0. The average molecular weight is 220 g/mol. The molecule has 0 amide bonds. The van der Waals surface area contributed by atoms with Crippen molar-refractivity contribution in [3.63, 3.8) is 0 Å². The SMILES string of the molecule is CO[Si](OC)(OC)C1CCCC(O)C1. The zero-order valence-electron chi connectivity index (χ0n) is 9.16. The van der Waals surface area contributed by atoms with Gasteiger partial charge in [0, 0.05) is 26.9 Å². The van der Waals surface area contributed by atoms with Gasteiger partial charge in [-0.3, -0.25) is 0 Å². The van der Waals surface area contributed by atoms with Crippen molar-refractivity contribution in [1.82, 2.24) is 0 Å². The third kappa shape index (κ3) is 2.35. The van der Waals surface area contributed by atoms with Gasteiger partial charge in [0.05, 0.1) is 6.10 Å². The first-order chi connectivity index (χ1) is 6.68. The molecule has 1 saturated carbocycles. The van der Waals surface area contributed by atoms with E-state index in [1.54, 1.807) is 21.3 Å². The molecule has 2 unspecified atom stereocenters. The van der Waals surface area contributed by atoms with Gasteiger partial charge >= 0.3 is 8.80 Å². The number of aliphatic hydroxyl groups excluding tert-OH is 1. The van der Waals surface area contributed by atoms with E-state index in [0.717, 1.165) is 25.7 Å². The van der Waals surface area contributed by atoms with Crippen molar-refractivity contribution < 1.29 is 18.4 Å². The number of aliphatic hydroxyl groups is 1. The summed E-state index contributed by atoms with van der Waals surface area (Å²) >= 11 is 0. The minimum Gasteiger partial charge on any atom is -0.393 e. The van der Waals surface area contributed by atoms with Crippen LogP contribution < -0.4 is 0 Å². The minimum absolute atomic E-state index is 0.221. The Balaban J connectivity index is 2.66. The van der Waals surface area contributed by atoms with Crippen molar-refractivity contribution in [2.45, 2.75) is 37.3 Å². The molecule has 1 N–H and O–H groups in total. The number of rotatable bonds is 4. The maximum atomic E-state index is 9.59. The van der Waals surface area contributed by atoms with E-state index in [0.29, 0.717) is 0 Å². The summed E-state index contributed by atoms with van der Waals surface area (Å²) in [5.41, 5.74) is 0.242. The van der Waals surface area contributed by atoms with Gasteiger partial charge in [0.25, 0.3) is 0 Å². The van der Waals surface area contributed by atoms with Crippen LogP contribution in [0.2, 0.25) is 5.54 Å². The molecule has 1 fully saturated rings. The average Bonchev–Trinajstić information content (AvgIpc) is 2.22. The quantitative estimate of drug-likeness (QED) is 0.723. The third-order valence-electron chi connectivity index (χ3n) is 3.00. The van der Waals surface area contributed by atoms with E-state index in [1.165, 1.54) is 0 Å². The van der Waals surface area contributed by atoms with Crippen LogP contribution in [0.25, 0.3) is 0 Å². The van der Waals surface area contributed by atoms with E-state index in [4.69, 9.17) is 13.3 Å². The van der Waals surface area contributed by atoms with Crippen LogP contribution in [-0.2, 0) is 13.3 Å². The van der Waals surface area contributed by atoms with Gasteiger partial charge < -0.3 is 18.4 Å². The van der Waals surface area contributed by atoms with Crippen molar-refractivity contribution in [1.29, 1.82) is 0 Å². The first-order valence-corrected chi connectivity index (χ1v) is 6.82. The van der Waals surface area contributed by atoms with E-state index in [2.05, 4.69) is 0 Å². The van der Waals surface area contributed by atoms with Crippen LogP contribution in [0.3, 0.4) is 0 Å². The Morgan fingerprint density at radius 2 is 1.64 bits per heavy atom. The second kappa shape index (κ2) is 5.23. The second-order valence-corrected chi connectivity index (χ2v) is 6.98. The van der Waals surface area contributed by atoms with Gasteiger partial charge in [-0.15, -0.1) is 0 Å². The van der Waals surface area contributed by atoms with E-state index >= 15 is 0 Å². The predicted octanol–water partition coefficient (Wildman–Crippen LogP) is 1.17. The fraction of sp³-hybridized carbons (Fsp3) is 1.00. The molecule has 5 heteroatoms. The largest absolute Gasteiger partial charge is 0.503 e. The first kappa shape index (κ1) is 12.1. The van der Waals surface area contributed by atoms with Crippen molar-refractivity contribution in [2.24, 2.45) is 0 Å². The van der Waals surface area contributed by atoms with Crippen LogP contribution in [0.5, 0.6) is 0 Å². The smallest absolute Gasteiger partial charge is 0.393 e. The van der Waals surface area contributed by atoms with Crippen molar-refractivity contribution in [3.8, 4) is 0 Å². The molecule has 0 saturated heterocycles. The van der Waals surface area contributed by atoms with Gasteiger partial charge in [-0.2, -0.15) is 0 Å². The second-order valence-electron chi connectivity index (χ2n) is 3.73. The minimum atomic E-state index is -2.52. The summed E-state index contributed by atoms with van der Waals surface area (Å²) in [5.74, 6) is 0. The Labute approximate surface area is 86.5 Å². The number of hydrogen-bond acceptors (Lipinski definition) is 4. The Kier molecular flexibility index (Phi) is 4.53. The van der Waals surface area contributed by atoms with E-state index in [9.17, 15) is 5.11 Å². The molecule has 0 bridgehead atoms. The Morgan fingerprint density at radius 3 is 2.07 bits per heavy atom. The maximum absolute atomic E-state index is 9.59. The van der Waals surface area contributed by atoms with E-state index in [-0.39, 0.29) is 11.6 Å². The molecule has 0 spiro atoms. The zero-order valence-corrected chi connectivity index (χ0v) is 10.2. The van der Waals surface area contributed by atoms with Crippen LogP contribution >= 0.6 is 0 Å². The van der Waals surface area contributed by atoms with Crippen molar-refractivity contribution in [2.75, 3.05) is 21.3 Å². The molecule has 0 radical (unpaired) electrons. The van der Waals surface area contributed by atoms with E-state index in [1.807, 2.05) is 0 Å². The standard InChI is InChI=1S/C9H20O4Si/c1-11-14(12-2,13-3)9-6-4-5-8(10)7-9/h8-10H,4-7H2,1-3H3. The molecule has 0 aliphatic heterocycles. The van der Waals surface area contributed by atoms with Gasteiger partial charge in [0.1, 0.15) is 0 Å². The molecule has 4 nitrogen and oxygen atoms in total. The van der Waals surface area contributed by atoms with Crippen molar-refractivity contribution >= 4 is 8.80 Å². The van der Waals surface area contributed by atoms with Crippen LogP contribution in [-0.4, -0.2) is 41.3 Å². The Bertz CT molecular complexity index is 164. The van der Waals surface area contributed by atoms with Gasteiger partial charge in [-0.05, 0) is 19.3 Å². The zero-order chi connectivity index (χ0) is 10.6. The molecule has 0 aromatic heterocycles. The highest BCUT2D eigenvalue weighted by atomic mass is 28.4. The van der Waals surface area contributed by atoms with Crippen molar-refractivity contribution in [3.05, 3.63) is 0 Å². The molecule has 14 heavy (non-hydrogen) atoms. The monoisotopic (exact) mass is 220 g/mol. The highest BCUT2D eigenvalue weighted by molar-refractivity contribution is 6.62. The molecular formula is C9H20O4Si. The molecule has 84 valence electrons. The molecule has 0 heterocycles. The number of hydrogen-bond donors (Lipinski definition) is 1. The van der Waals surface area contributed by atoms with Crippen LogP contribution in [0.4, 0.5) is 0 Å². The van der Waals surface area contributed by atoms with Gasteiger partial charge in [-0.25, -0.2) is 0 Å². The molecule has 1 rings (SSSR count). The summed E-state index contributed by atoms with van der Waals surface area (Å²) in [6.07, 6.45) is 3.45. The summed E-state index contributed by atoms with van der Waals surface area (Å²) < 4.78 is 16.2. The highest BCUT2D eigenvalue weighted by Gasteiger charge is 2.48. The van der Waals surface area contributed by atoms with Crippen LogP contribution in [0, 0.1) is 0 Å². The maximum Gasteiger partial charge on any atom is 0.503 e. The molecule has 0 aromatic carbocycles. The normalized spacial score (nSPS) is 29.1. The van der Waals surface area contributed by atoms with Gasteiger partial charge in [-0.1, -0.05) is 6.42 Å². The summed E-state index contributed by atoms with van der Waals surface area (Å²) in [5, 5.41) is 9.59. The highest BCUT2D eigenvalue weighted by Crippen LogP contribution is 2.37. The third-order valence-corrected chi connectivity index (χ3v) is 6.23. The summed E-state index contributed by atoms with van der Waals surface area (Å²) in [7, 11) is 2.36. The lowest BCUT2D eigenvalue weighted by atomic mass is 9.97. The summed E-state index contributed by atoms with van der Waals surface area (Å²) in [6, 6.07) is 0. The molecule has 1 aliphatic carbocycles. The van der Waals surface area contributed by atoms with Gasteiger partial charge in [0.15, 0.2) is 0 Å². The van der Waals surface area contributed by atoms with E-state index < -0.39 is 8.80 Å². The van der Waals surface area contributed by atoms with Gasteiger partial charge in [0.2, 0.25) is 0 Å². The lowest BCUT2D eigenvalue weighted by molar-refractivity contribution is 0.0741. The first-order valence-electron chi connectivity index (χ1n) is 5.02. The Hall–Kier alpha value is 0.0569. The Morgan fingerprint density at radius 1 is 1.07 bits per heavy atom. The fourth-order valence-electron chi connectivity index (χ4n) is 2.24. The molecular weight excluding hydrogens is 200 g/mol. The molecule has 1 aliphatic rings. The topological polar surface area (TPSA) is 47.9 Å². The fourth-order valence-corrected chi connectivity index (χ4v) is 4.85. The predicted molar refractivity (Wildman–Crippen MR) is 55.0 cm³/mol. The lowest BCUT2D eigenvalue weighted by Gasteiger charge is -2.36.